The normalized spacial score (nSPS) is 15.7. The third-order valence-corrected chi connectivity index (χ3v) is 6.82. The zero-order valence-electron chi connectivity index (χ0n) is 17.2. The van der Waals surface area contributed by atoms with Gasteiger partial charge in [-0.1, -0.05) is 31.2 Å². The molecule has 1 aliphatic rings. The van der Waals surface area contributed by atoms with Crippen LogP contribution in [0.5, 0.6) is 0 Å². The van der Waals surface area contributed by atoms with Crippen LogP contribution in [0.2, 0.25) is 0 Å². The number of ketones is 1. The molecule has 0 saturated carbocycles. The van der Waals surface area contributed by atoms with Gasteiger partial charge in [0, 0.05) is 23.9 Å². The van der Waals surface area contributed by atoms with Crippen molar-refractivity contribution in [1.29, 1.82) is 0 Å². The van der Waals surface area contributed by atoms with Crippen molar-refractivity contribution in [3.05, 3.63) is 62.5 Å². The van der Waals surface area contributed by atoms with Crippen LogP contribution < -0.4 is 10.9 Å². The van der Waals surface area contributed by atoms with Gasteiger partial charge in [0.2, 0.25) is 5.91 Å². The van der Waals surface area contributed by atoms with Crippen LogP contribution in [0.25, 0.3) is 10.2 Å². The van der Waals surface area contributed by atoms with E-state index in [1.54, 1.807) is 23.5 Å². The summed E-state index contributed by atoms with van der Waals surface area (Å²) >= 11 is 1.62. The third-order valence-electron chi connectivity index (χ3n) is 5.66. The standard InChI is InChI=1S/C23H25N3O3S/c1-14-3-8-18-20(11-14)30-22-21(18)23(29)26(13-25-22)12-19(28)17-6-4-16(5-7-17)9-10-24-15(2)27/h4-7,13-14H,3,8-12H2,1-2H3,(H,24,27). The van der Waals surface area contributed by atoms with E-state index < -0.39 is 0 Å². The highest BCUT2D eigenvalue weighted by Gasteiger charge is 2.23. The molecule has 0 radical (unpaired) electrons. The molecule has 3 aromatic rings. The summed E-state index contributed by atoms with van der Waals surface area (Å²) in [6.45, 7) is 4.27. The quantitative estimate of drug-likeness (QED) is 0.618. The lowest BCUT2D eigenvalue weighted by molar-refractivity contribution is -0.118. The second-order valence-corrected chi connectivity index (χ2v) is 9.15. The van der Waals surface area contributed by atoms with Crippen molar-refractivity contribution in [3.8, 4) is 0 Å². The minimum Gasteiger partial charge on any atom is -0.356 e. The first-order valence-electron chi connectivity index (χ1n) is 10.3. The lowest BCUT2D eigenvalue weighted by Gasteiger charge is -2.17. The van der Waals surface area contributed by atoms with Crippen molar-refractivity contribution in [2.75, 3.05) is 6.54 Å². The molecule has 1 N–H and O–H groups in total. The lowest BCUT2D eigenvalue weighted by atomic mass is 9.89. The molecule has 0 aliphatic heterocycles. The fraction of sp³-hybridized carbons (Fsp3) is 0.391. The van der Waals surface area contributed by atoms with Crippen molar-refractivity contribution in [3.63, 3.8) is 0 Å². The van der Waals surface area contributed by atoms with Crippen LogP contribution in [0.1, 0.15) is 46.6 Å². The van der Waals surface area contributed by atoms with Gasteiger partial charge >= 0.3 is 0 Å². The number of hydrogen-bond acceptors (Lipinski definition) is 5. The maximum Gasteiger partial charge on any atom is 0.262 e. The number of fused-ring (bicyclic) bond motifs is 3. The van der Waals surface area contributed by atoms with Gasteiger partial charge in [0.05, 0.1) is 18.3 Å². The third kappa shape index (κ3) is 4.21. The summed E-state index contributed by atoms with van der Waals surface area (Å²) in [4.78, 5) is 43.3. The van der Waals surface area contributed by atoms with E-state index in [1.165, 1.54) is 22.7 Å². The lowest BCUT2D eigenvalue weighted by Crippen LogP contribution is -2.25. The van der Waals surface area contributed by atoms with Crippen LogP contribution in [0.15, 0.2) is 35.4 Å². The molecule has 6 nitrogen and oxygen atoms in total. The molecule has 2 aromatic heterocycles. The second-order valence-electron chi connectivity index (χ2n) is 8.06. The molecule has 1 aromatic carbocycles. The van der Waals surface area contributed by atoms with Gasteiger partial charge in [-0.25, -0.2) is 4.98 Å². The number of aromatic nitrogens is 2. The minimum atomic E-state index is -0.121. The molecule has 0 saturated heterocycles. The second kappa shape index (κ2) is 8.52. The van der Waals surface area contributed by atoms with Gasteiger partial charge in [0.15, 0.2) is 5.78 Å². The van der Waals surface area contributed by atoms with Crippen molar-refractivity contribution in [2.45, 2.75) is 46.1 Å². The average Bonchev–Trinajstić information content (AvgIpc) is 3.08. The highest BCUT2D eigenvalue weighted by molar-refractivity contribution is 7.18. The summed E-state index contributed by atoms with van der Waals surface area (Å²) < 4.78 is 1.43. The predicted molar refractivity (Wildman–Crippen MR) is 118 cm³/mol. The van der Waals surface area contributed by atoms with E-state index in [2.05, 4.69) is 17.2 Å². The molecule has 1 atom stereocenters. The number of carbonyl (C=O) groups is 2. The number of rotatable bonds is 6. The number of benzene rings is 1. The largest absolute Gasteiger partial charge is 0.356 e. The van der Waals surface area contributed by atoms with Crippen LogP contribution in [-0.2, 0) is 30.6 Å². The Balaban J connectivity index is 1.51. The molecule has 4 rings (SSSR count). The first kappa shape index (κ1) is 20.5. The topological polar surface area (TPSA) is 81.1 Å². The number of hydrogen-bond donors (Lipinski definition) is 1. The Morgan fingerprint density at radius 1 is 1.27 bits per heavy atom. The Morgan fingerprint density at radius 3 is 2.77 bits per heavy atom. The molecule has 156 valence electrons. The summed E-state index contributed by atoms with van der Waals surface area (Å²) in [7, 11) is 0. The molecule has 2 heterocycles. The number of aryl methyl sites for hydroxylation is 1. The van der Waals surface area contributed by atoms with E-state index >= 15 is 0 Å². The number of Topliss-reactive ketones (excluding diaryl/α,β-unsaturated/α-hetero) is 1. The average molecular weight is 424 g/mol. The SMILES string of the molecule is CC(=O)NCCc1ccc(C(=O)Cn2cnc3sc4c(c3c2=O)CCC(C)C4)cc1. The van der Waals surface area contributed by atoms with E-state index in [-0.39, 0.29) is 23.8 Å². The molecular formula is C23H25N3O3S. The van der Waals surface area contributed by atoms with E-state index in [4.69, 9.17) is 0 Å². The van der Waals surface area contributed by atoms with Gasteiger partial charge in [0.1, 0.15) is 4.83 Å². The smallest absolute Gasteiger partial charge is 0.262 e. The van der Waals surface area contributed by atoms with Crippen molar-refractivity contribution in [1.82, 2.24) is 14.9 Å². The van der Waals surface area contributed by atoms with Crippen molar-refractivity contribution in [2.24, 2.45) is 5.92 Å². The van der Waals surface area contributed by atoms with Crippen LogP contribution in [0.4, 0.5) is 0 Å². The molecule has 30 heavy (non-hydrogen) atoms. The highest BCUT2D eigenvalue weighted by atomic mass is 32.1. The van der Waals surface area contributed by atoms with E-state index in [9.17, 15) is 14.4 Å². The van der Waals surface area contributed by atoms with Crippen LogP contribution in [0, 0.1) is 5.92 Å². The summed E-state index contributed by atoms with van der Waals surface area (Å²) in [6.07, 6.45) is 5.19. The molecule has 7 heteroatoms. The number of nitrogens with one attached hydrogen (secondary N) is 1. The van der Waals surface area contributed by atoms with Gasteiger partial charge in [-0.3, -0.25) is 19.0 Å². The highest BCUT2D eigenvalue weighted by Crippen LogP contribution is 2.35. The van der Waals surface area contributed by atoms with E-state index in [0.29, 0.717) is 29.8 Å². The van der Waals surface area contributed by atoms with Gasteiger partial charge in [-0.15, -0.1) is 11.3 Å². The maximum atomic E-state index is 13.1. The summed E-state index contributed by atoms with van der Waals surface area (Å²) in [5.41, 5.74) is 2.62. The van der Waals surface area contributed by atoms with Gasteiger partial charge in [0.25, 0.3) is 5.56 Å². The number of nitrogens with zero attached hydrogens (tertiary/aromatic N) is 2. The Labute approximate surface area is 179 Å². The van der Waals surface area contributed by atoms with Gasteiger partial charge in [-0.05, 0) is 42.7 Å². The Morgan fingerprint density at radius 2 is 2.03 bits per heavy atom. The van der Waals surface area contributed by atoms with Crippen LogP contribution in [-0.4, -0.2) is 27.8 Å². The van der Waals surface area contributed by atoms with Crippen LogP contribution >= 0.6 is 11.3 Å². The minimum absolute atomic E-state index is 0.0198. The zero-order valence-corrected chi connectivity index (χ0v) is 18.1. The fourth-order valence-electron chi connectivity index (χ4n) is 3.96. The van der Waals surface area contributed by atoms with E-state index in [0.717, 1.165) is 35.2 Å². The first-order valence-corrected chi connectivity index (χ1v) is 11.1. The maximum absolute atomic E-state index is 13.1. The molecule has 0 spiro atoms. The summed E-state index contributed by atoms with van der Waals surface area (Å²) in [6, 6.07) is 7.32. The number of amides is 1. The Kier molecular flexibility index (Phi) is 5.81. The summed E-state index contributed by atoms with van der Waals surface area (Å²) in [5, 5.41) is 3.46. The van der Waals surface area contributed by atoms with Crippen molar-refractivity contribution >= 4 is 33.2 Å². The molecule has 0 bridgehead atoms. The Bertz CT molecular complexity index is 1160. The van der Waals surface area contributed by atoms with Gasteiger partial charge < -0.3 is 5.32 Å². The monoisotopic (exact) mass is 423 g/mol. The number of carbonyl (C=O) groups excluding carboxylic acids is 2. The molecule has 1 unspecified atom stereocenters. The number of thiophene rings is 1. The molecule has 1 aliphatic carbocycles. The first-order chi connectivity index (χ1) is 14.4. The summed E-state index contributed by atoms with van der Waals surface area (Å²) in [5.74, 6) is 0.458. The van der Waals surface area contributed by atoms with E-state index in [1.807, 2.05) is 12.1 Å². The molecule has 0 fully saturated rings. The van der Waals surface area contributed by atoms with Crippen LogP contribution in [0.3, 0.4) is 0 Å². The molecule has 1 amide bonds. The Hall–Kier alpha value is -2.80. The zero-order chi connectivity index (χ0) is 21.3. The fourth-order valence-corrected chi connectivity index (χ4v) is 5.31. The molecular weight excluding hydrogens is 398 g/mol. The van der Waals surface area contributed by atoms with Crippen molar-refractivity contribution < 1.29 is 9.59 Å². The van der Waals surface area contributed by atoms with Gasteiger partial charge in [-0.2, -0.15) is 0 Å². The predicted octanol–water partition coefficient (Wildman–Crippen LogP) is 3.14.